The van der Waals surface area contributed by atoms with Gasteiger partial charge in [-0.1, -0.05) is 13.8 Å². The molecule has 0 unspecified atom stereocenters. The molecule has 0 aromatic heterocycles. The molecule has 0 saturated heterocycles. The Morgan fingerprint density at radius 1 is 1.16 bits per heavy atom. The molecule has 4 N–H and O–H groups in total. The summed E-state index contributed by atoms with van der Waals surface area (Å²) >= 11 is 1.22. The lowest BCUT2D eigenvalue weighted by molar-refractivity contribution is -0.155. The minimum Gasteiger partial charge on any atom is -0.451 e. The standard InChI is InChI=1S/C16H21N3O5S/c1-9(2)14(15(22)19-16(17)23)24-13(21)8-25-12-6-4-11(5-7-12)18-10(3)20/h4-7,9,14H,8H2,1-3H3,(H,18,20)(H3,17,19,22,23)/t14-/m1/s1. The average molecular weight is 367 g/mol. The summed E-state index contributed by atoms with van der Waals surface area (Å²) in [5.41, 5.74) is 5.55. The molecule has 0 spiro atoms. The Balaban J connectivity index is 2.55. The smallest absolute Gasteiger partial charge is 0.318 e. The van der Waals surface area contributed by atoms with Crippen molar-refractivity contribution in [3.8, 4) is 0 Å². The first-order valence-corrected chi connectivity index (χ1v) is 8.48. The molecule has 0 radical (unpaired) electrons. The minimum atomic E-state index is -1.09. The molecule has 0 aliphatic rings. The van der Waals surface area contributed by atoms with Crippen molar-refractivity contribution < 1.29 is 23.9 Å². The Hall–Kier alpha value is -2.55. The first-order valence-electron chi connectivity index (χ1n) is 7.49. The van der Waals surface area contributed by atoms with Crippen molar-refractivity contribution >= 4 is 41.3 Å². The molecule has 0 aliphatic heterocycles. The van der Waals surface area contributed by atoms with E-state index in [2.05, 4.69) is 5.32 Å². The van der Waals surface area contributed by atoms with Crippen molar-refractivity contribution in [2.45, 2.75) is 31.8 Å². The molecule has 0 heterocycles. The van der Waals surface area contributed by atoms with Crippen LogP contribution in [0.15, 0.2) is 29.2 Å². The van der Waals surface area contributed by atoms with Gasteiger partial charge in [-0.3, -0.25) is 19.7 Å². The number of imide groups is 1. The average Bonchev–Trinajstić information content (AvgIpc) is 2.50. The molecule has 1 aromatic rings. The van der Waals surface area contributed by atoms with E-state index in [4.69, 9.17) is 10.5 Å². The summed E-state index contributed by atoms with van der Waals surface area (Å²) in [6.07, 6.45) is -1.09. The molecule has 0 saturated carbocycles. The van der Waals surface area contributed by atoms with E-state index >= 15 is 0 Å². The zero-order chi connectivity index (χ0) is 19.0. The van der Waals surface area contributed by atoms with Gasteiger partial charge >= 0.3 is 12.0 Å². The van der Waals surface area contributed by atoms with Gasteiger partial charge in [-0.15, -0.1) is 11.8 Å². The number of hydrogen-bond donors (Lipinski definition) is 3. The van der Waals surface area contributed by atoms with Crippen molar-refractivity contribution in [2.75, 3.05) is 11.1 Å². The number of anilines is 1. The Kier molecular flexibility index (Phi) is 7.93. The van der Waals surface area contributed by atoms with Crippen LogP contribution < -0.4 is 16.4 Å². The summed E-state index contributed by atoms with van der Waals surface area (Å²) in [5.74, 6) is -1.83. The van der Waals surface area contributed by atoms with Gasteiger partial charge in [0.1, 0.15) is 0 Å². The first-order chi connectivity index (χ1) is 11.7. The van der Waals surface area contributed by atoms with Crippen molar-refractivity contribution in [1.82, 2.24) is 5.32 Å². The predicted octanol–water partition coefficient (Wildman–Crippen LogP) is 1.50. The van der Waals surface area contributed by atoms with Crippen molar-refractivity contribution in [3.63, 3.8) is 0 Å². The Morgan fingerprint density at radius 3 is 2.24 bits per heavy atom. The van der Waals surface area contributed by atoms with Gasteiger partial charge < -0.3 is 15.8 Å². The van der Waals surface area contributed by atoms with Crippen LogP contribution in [0, 0.1) is 5.92 Å². The zero-order valence-corrected chi connectivity index (χ0v) is 15.0. The van der Waals surface area contributed by atoms with E-state index in [1.54, 1.807) is 38.1 Å². The van der Waals surface area contributed by atoms with Crippen LogP contribution in [0.25, 0.3) is 0 Å². The molecule has 8 nitrogen and oxygen atoms in total. The van der Waals surface area contributed by atoms with Crippen LogP contribution in [0.4, 0.5) is 10.5 Å². The Morgan fingerprint density at radius 2 is 1.76 bits per heavy atom. The number of carbonyl (C=O) groups is 4. The van der Waals surface area contributed by atoms with Gasteiger partial charge in [0.05, 0.1) is 5.75 Å². The van der Waals surface area contributed by atoms with Gasteiger partial charge in [0.2, 0.25) is 5.91 Å². The number of primary amides is 1. The second-order valence-electron chi connectivity index (χ2n) is 5.50. The number of ether oxygens (including phenoxy) is 1. The predicted molar refractivity (Wildman–Crippen MR) is 93.9 cm³/mol. The fourth-order valence-electron chi connectivity index (χ4n) is 1.84. The number of rotatable bonds is 7. The molecule has 0 aliphatic carbocycles. The third-order valence-electron chi connectivity index (χ3n) is 2.90. The van der Waals surface area contributed by atoms with Gasteiger partial charge in [-0.2, -0.15) is 0 Å². The molecular formula is C16H21N3O5S. The van der Waals surface area contributed by atoms with Crippen LogP contribution in [-0.4, -0.2) is 35.7 Å². The number of hydrogen-bond acceptors (Lipinski definition) is 6. The van der Waals surface area contributed by atoms with Crippen LogP contribution in [0.5, 0.6) is 0 Å². The van der Waals surface area contributed by atoms with E-state index < -0.39 is 24.0 Å². The lowest BCUT2D eigenvalue weighted by Gasteiger charge is -2.19. The number of amides is 4. The topological polar surface area (TPSA) is 128 Å². The normalized spacial score (nSPS) is 11.5. The number of benzene rings is 1. The highest BCUT2D eigenvalue weighted by Gasteiger charge is 2.27. The van der Waals surface area contributed by atoms with Gasteiger partial charge in [0.15, 0.2) is 6.10 Å². The highest BCUT2D eigenvalue weighted by molar-refractivity contribution is 8.00. The molecule has 136 valence electrons. The third-order valence-corrected chi connectivity index (χ3v) is 3.89. The van der Waals surface area contributed by atoms with Gasteiger partial charge in [0.25, 0.3) is 5.91 Å². The number of urea groups is 1. The van der Waals surface area contributed by atoms with E-state index in [0.29, 0.717) is 5.69 Å². The van der Waals surface area contributed by atoms with Crippen LogP contribution in [0.3, 0.4) is 0 Å². The zero-order valence-electron chi connectivity index (χ0n) is 14.2. The fraction of sp³-hybridized carbons (Fsp3) is 0.375. The van der Waals surface area contributed by atoms with E-state index in [1.807, 2.05) is 5.32 Å². The molecular weight excluding hydrogens is 346 g/mol. The third kappa shape index (κ3) is 7.71. The number of thioether (sulfide) groups is 1. The summed E-state index contributed by atoms with van der Waals surface area (Å²) in [7, 11) is 0. The molecule has 0 fully saturated rings. The van der Waals surface area contributed by atoms with Crippen LogP contribution >= 0.6 is 11.8 Å². The number of carbonyl (C=O) groups excluding carboxylic acids is 4. The number of esters is 1. The molecule has 0 bridgehead atoms. The largest absolute Gasteiger partial charge is 0.451 e. The molecule has 9 heteroatoms. The van der Waals surface area contributed by atoms with Crippen molar-refractivity contribution in [1.29, 1.82) is 0 Å². The second-order valence-corrected chi connectivity index (χ2v) is 6.55. The maximum atomic E-state index is 11.9. The maximum Gasteiger partial charge on any atom is 0.318 e. The van der Waals surface area contributed by atoms with Crippen LogP contribution in [0.2, 0.25) is 0 Å². The van der Waals surface area contributed by atoms with Gasteiger partial charge in [0, 0.05) is 17.5 Å². The summed E-state index contributed by atoms with van der Waals surface area (Å²) < 4.78 is 5.14. The van der Waals surface area contributed by atoms with E-state index in [-0.39, 0.29) is 17.6 Å². The SMILES string of the molecule is CC(=O)Nc1ccc(SCC(=O)O[C@@H](C(=O)NC(N)=O)C(C)C)cc1. The summed E-state index contributed by atoms with van der Waals surface area (Å²) in [4.78, 5) is 46.2. The lowest BCUT2D eigenvalue weighted by atomic mass is 10.1. The van der Waals surface area contributed by atoms with Crippen LogP contribution in [0.1, 0.15) is 20.8 Å². The van der Waals surface area contributed by atoms with E-state index in [1.165, 1.54) is 18.7 Å². The Bertz CT molecular complexity index is 646. The maximum absolute atomic E-state index is 11.9. The van der Waals surface area contributed by atoms with E-state index in [9.17, 15) is 19.2 Å². The summed E-state index contributed by atoms with van der Waals surface area (Å²) in [6.45, 7) is 4.79. The van der Waals surface area contributed by atoms with Gasteiger partial charge in [-0.05, 0) is 30.2 Å². The molecule has 1 aromatic carbocycles. The summed E-state index contributed by atoms with van der Waals surface area (Å²) in [6, 6.07) is 5.94. The first kappa shape index (κ1) is 20.5. The Labute approximate surface area is 149 Å². The molecule has 1 rings (SSSR count). The number of nitrogens with one attached hydrogen (secondary N) is 2. The lowest BCUT2D eigenvalue weighted by Crippen LogP contribution is -2.45. The minimum absolute atomic E-state index is 0.00739. The van der Waals surface area contributed by atoms with Crippen molar-refractivity contribution in [2.24, 2.45) is 11.7 Å². The highest BCUT2D eigenvalue weighted by Crippen LogP contribution is 2.21. The van der Waals surface area contributed by atoms with Crippen LogP contribution in [-0.2, 0) is 19.1 Å². The van der Waals surface area contributed by atoms with Crippen molar-refractivity contribution in [3.05, 3.63) is 24.3 Å². The molecule has 25 heavy (non-hydrogen) atoms. The van der Waals surface area contributed by atoms with E-state index in [0.717, 1.165) is 4.90 Å². The number of nitrogens with two attached hydrogens (primary N) is 1. The highest BCUT2D eigenvalue weighted by atomic mass is 32.2. The van der Waals surface area contributed by atoms with Gasteiger partial charge in [-0.25, -0.2) is 4.79 Å². The quantitative estimate of drug-likeness (QED) is 0.495. The fourth-order valence-corrected chi connectivity index (χ4v) is 2.52. The monoisotopic (exact) mass is 367 g/mol. The molecule has 4 amide bonds. The summed E-state index contributed by atoms with van der Waals surface area (Å²) in [5, 5.41) is 4.55. The second kappa shape index (κ2) is 9.67. The molecule has 1 atom stereocenters.